The van der Waals surface area contributed by atoms with Gasteiger partial charge >= 0.3 is 0 Å². The molecular formula is C29H42ClN9O4. The van der Waals surface area contributed by atoms with Crippen molar-refractivity contribution in [1.29, 1.82) is 0 Å². The Labute approximate surface area is 257 Å². The van der Waals surface area contributed by atoms with Crippen LogP contribution in [0.15, 0.2) is 24.8 Å². The van der Waals surface area contributed by atoms with Gasteiger partial charge in [-0.1, -0.05) is 27.7 Å². The number of hydrogen-bond acceptors (Lipinski definition) is 10. The zero-order chi connectivity index (χ0) is 30.2. The minimum atomic E-state index is -1.12. The van der Waals surface area contributed by atoms with E-state index in [1.807, 2.05) is 0 Å². The van der Waals surface area contributed by atoms with Gasteiger partial charge in [0.15, 0.2) is 17.0 Å². The molecule has 0 bridgehead atoms. The predicted molar refractivity (Wildman–Crippen MR) is 165 cm³/mol. The number of nitrogens with zero attached hydrogens (tertiary/aromatic N) is 6. The highest BCUT2D eigenvalue weighted by Crippen LogP contribution is 2.36. The zero-order valence-corrected chi connectivity index (χ0v) is 25.8. The molecule has 14 heteroatoms. The SMILES string of the molecule is CCC(=O)N[C@H]1C[C@@H](n2cnc3c(NCCC(C)(C)C)nc(N4CC[C@H](c5cnccc5C(N)=O)C4)nc32)[C@H](O)[C@@H]1O.Cl. The van der Waals surface area contributed by atoms with Gasteiger partial charge in [-0.25, -0.2) is 4.98 Å². The average molecular weight is 616 g/mol. The van der Waals surface area contributed by atoms with Crippen molar-refractivity contribution in [2.45, 2.75) is 83.6 Å². The fourth-order valence-electron chi connectivity index (χ4n) is 5.86. The highest BCUT2D eigenvalue weighted by molar-refractivity contribution is 5.94. The molecule has 43 heavy (non-hydrogen) atoms. The number of pyridine rings is 1. The quantitative estimate of drug-likeness (QED) is 0.239. The van der Waals surface area contributed by atoms with Crippen LogP contribution in [-0.4, -0.2) is 84.4 Å². The second-order valence-electron chi connectivity index (χ2n) is 12.5. The molecule has 4 heterocycles. The molecule has 1 aliphatic carbocycles. The van der Waals surface area contributed by atoms with Crippen LogP contribution < -0.4 is 21.3 Å². The number of carbonyl (C=O) groups excluding carboxylic acids is 2. The number of aliphatic hydroxyl groups excluding tert-OH is 2. The van der Waals surface area contributed by atoms with Crippen molar-refractivity contribution in [3.63, 3.8) is 0 Å². The van der Waals surface area contributed by atoms with E-state index >= 15 is 0 Å². The molecule has 1 aliphatic heterocycles. The standard InChI is InChI=1S/C29H41N9O4.ClH/c1-5-21(39)34-19-12-20(24(41)23(19)40)38-15-33-22-26(32-10-8-29(2,3)4)35-28(36-27(22)38)37-11-7-16(14-37)18-13-31-9-6-17(18)25(30)42;/h6,9,13,15-16,19-20,23-24,40-41H,5,7-8,10-12,14H2,1-4H3,(H2,30,42)(H,34,39)(H,32,35,36);1H/t16-,19-,20+,23+,24-;/m0./s1. The van der Waals surface area contributed by atoms with Crippen molar-refractivity contribution < 1.29 is 19.8 Å². The fourth-order valence-corrected chi connectivity index (χ4v) is 5.86. The summed E-state index contributed by atoms with van der Waals surface area (Å²) in [7, 11) is 0. The number of anilines is 2. The van der Waals surface area contributed by atoms with Crippen LogP contribution in [0.5, 0.6) is 0 Å². The molecule has 0 aromatic carbocycles. The highest BCUT2D eigenvalue weighted by atomic mass is 35.5. The van der Waals surface area contributed by atoms with E-state index in [1.165, 1.54) is 0 Å². The molecule has 0 radical (unpaired) electrons. The number of fused-ring (bicyclic) bond motifs is 1. The van der Waals surface area contributed by atoms with Crippen LogP contribution in [0.4, 0.5) is 11.8 Å². The van der Waals surface area contributed by atoms with Crippen molar-refractivity contribution in [2.75, 3.05) is 29.9 Å². The number of imidazole rings is 1. The van der Waals surface area contributed by atoms with Crippen LogP contribution in [0.1, 0.15) is 81.3 Å². The van der Waals surface area contributed by atoms with E-state index in [1.54, 1.807) is 36.3 Å². The maximum absolute atomic E-state index is 12.1. The van der Waals surface area contributed by atoms with Gasteiger partial charge in [-0.05, 0) is 36.3 Å². The lowest BCUT2D eigenvalue weighted by Gasteiger charge is -2.21. The molecule has 0 unspecified atom stereocenters. The predicted octanol–water partition coefficient (Wildman–Crippen LogP) is 2.15. The largest absolute Gasteiger partial charge is 0.388 e. The zero-order valence-electron chi connectivity index (χ0n) is 25.0. The fraction of sp³-hybridized carbons (Fsp3) is 0.586. The minimum absolute atomic E-state index is 0. The van der Waals surface area contributed by atoms with E-state index in [0.717, 1.165) is 18.4 Å². The smallest absolute Gasteiger partial charge is 0.249 e. The summed E-state index contributed by atoms with van der Waals surface area (Å²) in [6, 6.07) is 0.520. The van der Waals surface area contributed by atoms with Crippen LogP contribution in [0.25, 0.3) is 11.2 Å². The Hall–Kier alpha value is -3.55. The molecule has 0 spiro atoms. The summed E-state index contributed by atoms with van der Waals surface area (Å²) >= 11 is 0. The third-order valence-corrected chi connectivity index (χ3v) is 8.28. The molecule has 5 rings (SSSR count). The molecule has 2 fully saturated rings. The summed E-state index contributed by atoms with van der Waals surface area (Å²) in [6.07, 6.45) is 4.94. The van der Waals surface area contributed by atoms with E-state index in [9.17, 15) is 19.8 Å². The van der Waals surface area contributed by atoms with Gasteiger partial charge < -0.3 is 36.0 Å². The van der Waals surface area contributed by atoms with Gasteiger partial charge in [0.05, 0.1) is 18.4 Å². The van der Waals surface area contributed by atoms with Crippen molar-refractivity contribution in [3.05, 3.63) is 35.9 Å². The van der Waals surface area contributed by atoms with E-state index in [-0.39, 0.29) is 36.1 Å². The molecule has 6 N–H and O–H groups in total. The Morgan fingerprint density at radius 1 is 1.19 bits per heavy atom. The number of nitrogens with one attached hydrogen (secondary N) is 2. The number of hydrogen-bond donors (Lipinski definition) is 5. The molecule has 234 valence electrons. The number of rotatable bonds is 9. The molecule has 3 aromatic heterocycles. The first kappa shape index (κ1) is 32.4. The van der Waals surface area contributed by atoms with E-state index in [0.29, 0.717) is 54.5 Å². The molecule has 2 aliphatic rings. The maximum Gasteiger partial charge on any atom is 0.249 e. The maximum atomic E-state index is 12.1. The first-order valence-electron chi connectivity index (χ1n) is 14.6. The second kappa shape index (κ2) is 13.0. The summed E-state index contributed by atoms with van der Waals surface area (Å²) in [4.78, 5) is 44.8. The summed E-state index contributed by atoms with van der Waals surface area (Å²) in [5, 5.41) is 28.0. The van der Waals surface area contributed by atoms with Gasteiger partial charge in [-0.3, -0.25) is 14.6 Å². The van der Waals surface area contributed by atoms with E-state index < -0.39 is 30.2 Å². The number of primary amides is 1. The summed E-state index contributed by atoms with van der Waals surface area (Å²) in [5.74, 6) is 0.442. The van der Waals surface area contributed by atoms with Crippen LogP contribution in [-0.2, 0) is 4.79 Å². The van der Waals surface area contributed by atoms with Crippen molar-refractivity contribution in [3.8, 4) is 0 Å². The molecule has 1 saturated carbocycles. The summed E-state index contributed by atoms with van der Waals surface area (Å²) < 4.78 is 1.78. The van der Waals surface area contributed by atoms with Crippen LogP contribution in [0.3, 0.4) is 0 Å². The Morgan fingerprint density at radius 3 is 2.65 bits per heavy atom. The van der Waals surface area contributed by atoms with Gasteiger partial charge in [0.25, 0.3) is 0 Å². The van der Waals surface area contributed by atoms with Crippen LogP contribution >= 0.6 is 12.4 Å². The summed E-state index contributed by atoms with van der Waals surface area (Å²) in [6.45, 7) is 10.2. The van der Waals surface area contributed by atoms with Crippen molar-refractivity contribution >= 4 is 47.2 Å². The minimum Gasteiger partial charge on any atom is -0.388 e. The third kappa shape index (κ3) is 6.84. The lowest BCUT2D eigenvalue weighted by atomic mass is 9.92. The van der Waals surface area contributed by atoms with Gasteiger partial charge in [0.1, 0.15) is 12.2 Å². The molecular weight excluding hydrogens is 574 g/mol. The Morgan fingerprint density at radius 2 is 1.95 bits per heavy atom. The average Bonchev–Trinajstić information content (AvgIpc) is 3.67. The van der Waals surface area contributed by atoms with Gasteiger partial charge in [0, 0.05) is 49.9 Å². The first-order chi connectivity index (χ1) is 20.0. The number of aromatic nitrogens is 5. The summed E-state index contributed by atoms with van der Waals surface area (Å²) in [5.41, 5.74) is 8.12. The number of aliphatic hydroxyl groups is 2. The van der Waals surface area contributed by atoms with Crippen molar-refractivity contribution in [2.24, 2.45) is 11.1 Å². The lowest BCUT2D eigenvalue weighted by molar-refractivity contribution is -0.122. The van der Waals surface area contributed by atoms with Gasteiger partial charge in [-0.2, -0.15) is 9.97 Å². The normalized spacial score (nSPS) is 23.8. The third-order valence-electron chi connectivity index (χ3n) is 8.28. The van der Waals surface area contributed by atoms with Crippen LogP contribution in [0, 0.1) is 5.41 Å². The molecule has 5 atom stereocenters. The number of halogens is 1. The lowest BCUT2D eigenvalue weighted by Crippen LogP contribution is -2.42. The topological polar surface area (TPSA) is 184 Å². The highest BCUT2D eigenvalue weighted by Gasteiger charge is 2.44. The van der Waals surface area contributed by atoms with Crippen molar-refractivity contribution in [1.82, 2.24) is 29.8 Å². The molecule has 2 amide bonds. The van der Waals surface area contributed by atoms with E-state index in [2.05, 4.69) is 46.3 Å². The van der Waals surface area contributed by atoms with E-state index in [4.69, 9.17) is 15.7 Å². The number of nitrogens with two attached hydrogens (primary N) is 1. The monoisotopic (exact) mass is 615 g/mol. The molecule has 1 saturated heterocycles. The van der Waals surface area contributed by atoms with Crippen LogP contribution in [0.2, 0.25) is 0 Å². The number of carbonyl (C=O) groups is 2. The Kier molecular flexibility index (Phi) is 9.77. The molecule has 13 nitrogen and oxygen atoms in total. The first-order valence-corrected chi connectivity index (χ1v) is 14.6. The van der Waals surface area contributed by atoms with Gasteiger partial charge in [-0.15, -0.1) is 12.4 Å². The molecule has 3 aromatic rings. The Balaban J connectivity index is 0.00000423. The number of amides is 2. The van der Waals surface area contributed by atoms with Gasteiger partial charge in [0.2, 0.25) is 17.8 Å². The Bertz CT molecular complexity index is 1460. The second-order valence-corrected chi connectivity index (χ2v) is 12.5.